The first kappa shape index (κ1) is 25.4. The van der Waals surface area contributed by atoms with E-state index in [0.717, 1.165) is 59.3 Å². The number of nitrogens with zero attached hydrogens (tertiary/aromatic N) is 3. The fourth-order valence-electron chi connectivity index (χ4n) is 5.71. The number of aryl methyl sites for hydroxylation is 1. The second kappa shape index (κ2) is 10.3. The van der Waals surface area contributed by atoms with Gasteiger partial charge in [0.25, 0.3) is 0 Å². The summed E-state index contributed by atoms with van der Waals surface area (Å²) in [5.74, 6) is -0.225. The van der Waals surface area contributed by atoms with E-state index in [1.807, 2.05) is 6.07 Å². The van der Waals surface area contributed by atoms with Crippen LogP contribution in [0.2, 0.25) is 0 Å². The summed E-state index contributed by atoms with van der Waals surface area (Å²) in [5, 5.41) is 1.08. The monoisotopic (exact) mass is 538 g/mol. The van der Waals surface area contributed by atoms with E-state index in [0.29, 0.717) is 26.3 Å². The van der Waals surface area contributed by atoms with E-state index in [1.165, 1.54) is 4.31 Å². The number of morpholine rings is 2. The Bertz CT molecular complexity index is 1440. The highest BCUT2D eigenvalue weighted by Gasteiger charge is 2.40. The maximum absolute atomic E-state index is 14.1. The van der Waals surface area contributed by atoms with Crippen LogP contribution in [0.5, 0.6) is 0 Å². The molecule has 1 unspecified atom stereocenters. The Morgan fingerprint density at radius 1 is 0.921 bits per heavy atom. The second-order valence-corrected chi connectivity index (χ2v) is 12.2. The third-order valence-corrected chi connectivity index (χ3v) is 9.68. The molecule has 0 radical (unpaired) electrons. The number of carbonyl (C=O) groups is 1. The Balaban J connectivity index is 1.39. The molecule has 38 heavy (non-hydrogen) atoms. The molecule has 0 aliphatic carbocycles. The quantitative estimate of drug-likeness (QED) is 0.537. The van der Waals surface area contributed by atoms with E-state index in [2.05, 4.69) is 41.1 Å². The number of nitrogens with one attached hydrogen (secondary N) is 1. The van der Waals surface area contributed by atoms with Gasteiger partial charge in [0.2, 0.25) is 15.9 Å². The molecule has 3 fully saturated rings. The largest absolute Gasteiger partial charge is 0.378 e. The summed E-state index contributed by atoms with van der Waals surface area (Å²) in [6, 6.07) is 12.8. The van der Waals surface area contributed by atoms with Crippen molar-refractivity contribution in [2.75, 3.05) is 64.1 Å². The van der Waals surface area contributed by atoms with Crippen LogP contribution < -0.4 is 4.90 Å². The molecule has 10 heteroatoms. The van der Waals surface area contributed by atoms with Gasteiger partial charge in [0.05, 0.1) is 31.3 Å². The smallest absolute Gasteiger partial charge is 0.243 e. The Morgan fingerprint density at radius 2 is 1.68 bits per heavy atom. The van der Waals surface area contributed by atoms with Gasteiger partial charge in [0.1, 0.15) is 6.04 Å². The predicted octanol–water partition coefficient (Wildman–Crippen LogP) is 2.99. The number of sulfonamides is 1. The molecule has 0 spiro atoms. The van der Waals surface area contributed by atoms with Crippen molar-refractivity contribution in [1.29, 1.82) is 0 Å². The van der Waals surface area contributed by atoms with Gasteiger partial charge in [0, 0.05) is 60.6 Å². The van der Waals surface area contributed by atoms with E-state index in [1.54, 1.807) is 17.0 Å². The van der Waals surface area contributed by atoms with Crippen LogP contribution in [0.3, 0.4) is 0 Å². The molecule has 2 aromatic carbocycles. The highest BCUT2D eigenvalue weighted by molar-refractivity contribution is 7.89. The summed E-state index contributed by atoms with van der Waals surface area (Å²) in [4.78, 5) is 21.1. The number of anilines is 1. The minimum atomic E-state index is -3.96. The number of benzene rings is 2. The maximum atomic E-state index is 14.1. The zero-order chi connectivity index (χ0) is 26.3. The third kappa shape index (κ3) is 4.70. The van der Waals surface area contributed by atoms with Gasteiger partial charge >= 0.3 is 0 Å². The normalized spacial score (nSPS) is 21.3. The van der Waals surface area contributed by atoms with Crippen molar-refractivity contribution >= 4 is 32.5 Å². The number of aromatic nitrogens is 1. The van der Waals surface area contributed by atoms with E-state index < -0.39 is 16.1 Å². The number of hydrogen-bond acceptors (Lipinski definition) is 6. The number of hydrogen-bond donors (Lipinski definition) is 1. The zero-order valence-corrected chi connectivity index (χ0v) is 22.5. The van der Waals surface area contributed by atoms with Crippen molar-refractivity contribution in [1.82, 2.24) is 14.2 Å². The van der Waals surface area contributed by atoms with Crippen LogP contribution in [-0.2, 0) is 24.3 Å². The van der Waals surface area contributed by atoms with Gasteiger partial charge in [-0.2, -0.15) is 4.31 Å². The maximum Gasteiger partial charge on any atom is 0.243 e. The summed E-state index contributed by atoms with van der Waals surface area (Å²) >= 11 is 0. The zero-order valence-electron chi connectivity index (χ0n) is 21.7. The lowest BCUT2D eigenvalue weighted by Crippen LogP contribution is -2.58. The third-order valence-electron chi connectivity index (χ3n) is 7.78. The second-order valence-electron chi connectivity index (χ2n) is 10.3. The first-order valence-electron chi connectivity index (χ1n) is 13.4. The topological polar surface area (TPSA) is 95.2 Å². The van der Waals surface area contributed by atoms with E-state index in [9.17, 15) is 13.2 Å². The van der Waals surface area contributed by atoms with Crippen molar-refractivity contribution in [2.24, 2.45) is 0 Å². The molecule has 0 bridgehead atoms. The lowest BCUT2D eigenvalue weighted by atomic mass is 10.1. The van der Waals surface area contributed by atoms with Crippen LogP contribution in [0, 0.1) is 6.92 Å². The van der Waals surface area contributed by atoms with Gasteiger partial charge in [-0.3, -0.25) is 4.79 Å². The van der Waals surface area contributed by atoms with Crippen LogP contribution in [0.1, 0.15) is 18.4 Å². The highest BCUT2D eigenvalue weighted by Crippen LogP contribution is 2.37. The number of amides is 1. The lowest BCUT2D eigenvalue weighted by Gasteiger charge is -2.37. The lowest BCUT2D eigenvalue weighted by molar-refractivity contribution is -0.143. The van der Waals surface area contributed by atoms with Gasteiger partial charge in [-0.25, -0.2) is 8.42 Å². The van der Waals surface area contributed by atoms with E-state index >= 15 is 0 Å². The molecule has 1 atom stereocenters. The predicted molar refractivity (Wildman–Crippen MR) is 146 cm³/mol. The molecule has 1 N–H and O–H groups in total. The van der Waals surface area contributed by atoms with Crippen LogP contribution in [-0.4, -0.2) is 93.7 Å². The summed E-state index contributed by atoms with van der Waals surface area (Å²) in [7, 11) is -3.96. The minimum absolute atomic E-state index is 0.0511. The molecule has 6 rings (SSSR count). The Hall–Kier alpha value is -2.92. The van der Waals surface area contributed by atoms with Crippen molar-refractivity contribution in [3.8, 4) is 11.3 Å². The molecule has 3 saturated heterocycles. The molecule has 3 aliphatic heterocycles. The van der Waals surface area contributed by atoms with Gasteiger partial charge in [0.15, 0.2) is 0 Å². The number of carbonyl (C=O) groups excluding carboxylic acids is 1. The van der Waals surface area contributed by atoms with Gasteiger partial charge in [-0.1, -0.05) is 12.1 Å². The number of rotatable bonds is 5. The van der Waals surface area contributed by atoms with E-state index in [4.69, 9.17) is 9.47 Å². The minimum Gasteiger partial charge on any atom is -0.378 e. The van der Waals surface area contributed by atoms with Crippen molar-refractivity contribution in [3.63, 3.8) is 0 Å². The summed E-state index contributed by atoms with van der Waals surface area (Å²) in [6.45, 7) is 6.21. The number of fused-ring (bicyclic) bond motifs is 1. The van der Waals surface area contributed by atoms with Crippen LogP contribution in [0.25, 0.3) is 22.2 Å². The average molecular weight is 539 g/mol. The number of H-pyrrole nitrogens is 1. The van der Waals surface area contributed by atoms with Crippen LogP contribution in [0.4, 0.5) is 5.69 Å². The van der Waals surface area contributed by atoms with Crippen molar-refractivity contribution in [2.45, 2.75) is 30.7 Å². The fourth-order valence-corrected chi connectivity index (χ4v) is 7.29. The number of aromatic amines is 1. The summed E-state index contributed by atoms with van der Waals surface area (Å²) < 4.78 is 40.4. The SMILES string of the molecule is Cc1ccc2cc(-c3cc(S(=O)(=O)N4CCOCC4C(=O)N4CCOCC4)ccc3N3CCCC3)[nH]c2c1. The standard InChI is InChI=1S/C28H34N4O5S/c1-20-4-5-21-17-25(29-24(21)16-20)23-18-22(6-7-26(23)30-8-2-3-9-30)38(34,35)32-12-15-37-19-27(32)28(33)31-10-13-36-14-11-31/h4-7,16-18,27,29H,2-3,8-15,19H2,1H3. The van der Waals surface area contributed by atoms with Crippen LogP contribution >= 0.6 is 0 Å². The number of ether oxygens (including phenoxy) is 2. The first-order chi connectivity index (χ1) is 18.4. The summed E-state index contributed by atoms with van der Waals surface area (Å²) in [5.41, 5.74) is 4.93. The van der Waals surface area contributed by atoms with Gasteiger partial charge < -0.3 is 24.3 Å². The van der Waals surface area contributed by atoms with Crippen LogP contribution in [0.15, 0.2) is 47.4 Å². The summed E-state index contributed by atoms with van der Waals surface area (Å²) in [6.07, 6.45) is 2.23. The molecule has 3 aliphatic rings. The Kier molecular flexibility index (Phi) is 6.90. The molecule has 3 aromatic rings. The molecule has 9 nitrogen and oxygen atoms in total. The van der Waals surface area contributed by atoms with Crippen molar-refractivity contribution < 1.29 is 22.7 Å². The fraction of sp³-hybridized carbons (Fsp3) is 0.464. The molecule has 202 valence electrons. The molecule has 1 amide bonds. The van der Waals surface area contributed by atoms with Crippen molar-refractivity contribution in [3.05, 3.63) is 48.0 Å². The molecule has 4 heterocycles. The molecular formula is C28H34N4O5S. The molecule has 1 aromatic heterocycles. The molecule has 0 saturated carbocycles. The van der Waals surface area contributed by atoms with Gasteiger partial charge in [-0.05, 0) is 55.7 Å². The Morgan fingerprint density at radius 3 is 2.47 bits per heavy atom. The van der Waals surface area contributed by atoms with Gasteiger partial charge in [-0.15, -0.1) is 0 Å². The highest BCUT2D eigenvalue weighted by atomic mass is 32.2. The first-order valence-corrected chi connectivity index (χ1v) is 14.8. The molecular weight excluding hydrogens is 504 g/mol. The average Bonchev–Trinajstić information content (AvgIpc) is 3.63. The Labute approximate surface area is 223 Å². The van der Waals surface area contributed by atoms with E-state index in [-0.39, 0.29) is 30.6 Å².